The third-order valence-corrected chi connectivity index (χ3v) is 3.80. The maximum Gasteiger partial charge on any atom is 0.333 e. The van der Waals surface area contributed by atoms with E-state index in [-0.39, 0.29) is 36.5 Å². The third-order valence-electron chi connectivity index (χ3n) is 3.80. The molecule has 122 valence electrons. The van der Waals surface area contributed by atoms with Crippen LogP contribution in [-0.4, -0.2) is 32.3 Å². The number of hydrogen-bond acceptors (Lipinski definition) is 5. The Morgan fingerprint density at radius 2 is 1.86 bits per heavy atom. The highest BCUT2D eigenvalue weighted by Crippen LogP contribution is 2.15. The Labute approximate surface area is 128 Å². The van der Waals surface area contributed by atoms with Crippen LogP contribution in [0.25, 0.3) is 11.2 Å². The van der Waals surface area contributed by atoms with Gasteiger partial charge in [0.15, 0.2) is 11.2 Å². The number of rotatable bonds is 5. The van der Waals surface area contributed by atoms with Gasteiger partial charge in [0.1, 0.15) is 12.4 Å². The fraction of sp³-hybridized carbons (Fsp3) is 0.643. The number of fused-ring (bicyclic) bond motifs is 1. The number of imidazole rings is 1. The molecule has 8 heteroatoms. The van der Waals surface area contributed by atoms with E-state index in [1.54, 1.807) is 25.6 Å². The lowest BCUT2D eigenvalue weighted by atomic mass is 10.3. The minimum Gasteiger partial charge on any atom is -0.377 e. The summed E-state index contributed by atoms with van der Waals surface area (Å²) < 4.78 is 9.53. The minimum absolute atomic E-state index is 0.128. The van der Waals surface area contributed by atoms with Gasteiger partial charge in [-0.15, -0.1) is 0 Å². The van der Waals surface area contributed by atoms with Crippen molar-refractivity contribution in [2.45, 2.75) is 39.5 Å². The van der Waals surface area contributed by atoms with Crippen molar-refractivity contribution in [3.05, 3.63) is 26.7 Å². The minimum atomic E-state index is -0.382. The molecule has 0 saturated carbocycles. The van der Waals surface area contributed by atoms with E-state index in [9.17, 15) is 9.59 Å². The Morgan fingerprint density at radius 3 is 2.36 bits per heavy atom. The lowest BCUT2D eigenvalue weighted by molar-refractivity contribution is 0.175. The van der Waals surface area contributed by atoms with Crippen molar-refractivity contribution in [1.82, 2.24) is 18.7 Å². The zero-order valence-electron chi connectivity index (χ0n) is 13.7. The first-order valence-corrected chi connectivity index (χ1v) is 7.26. The number of aryl methyl sites for hydroxylation is 1. The summed E-state index contributed by atoms with van der Waals surface area (Å²) in [6.45, 7) is 6.00. The Hall–Kier alpha value is -1.93. The topological polar surface area (TPSA) is 97.1 Å². The molecular weight excluding hydrogens is 286 g/mol. The fourth-order valence-electron chi connectivity index (χ4n) is 2.56. The van der Waals surface area contributed by atoms with Crippen LogP contribution in [0.15, 0.2) is 9.59 Å². The number of aromatic nitrogens is 4. The van der Waals surface area contributed by atoms with Gasteiger partial charge in [0.05, 0.1) is 6.04 Å². The van der Waals surface area contributed by atoms with Crippen molar-refractivity contribution in [2.75, 3.05) is 13.7 Å². The van der Waals surface area contributed by atoms with Crippen LogP contribution in [0.2, 0.25) is 0 Å². The predicted molar refractivity (Wildman–Crippen MR) is 84.1 cm³/mol. The van der Waals surface area contributed by atoms with Crippen LogP contribution in [-0.2, 0) is 18.4 Å². The highest BCUT2D eigenvalue weighted by molar-refractivity contribution is 5.71. The average molecular weight is 309 g/mol. The van der Waals surface area contributed by atoms with Gasteiger partial charge in [0.2, 0.25) is 0 Å². The molecule has 22 heavy (non-hydrogen) atoms. The standard InChI is InChI=1S/C14H23N5O3/c1-8(2)18-12-11(17(4)10(16-12)7-22-5)13(20)19(14(18)21)9(3)6-15/h8-9H,6-7,15H2,1-5H3. The zero-order chi connectivity index (χ0) is 16.6. The van der Waals surface area contributed by atoms with Gasteiger partial charge in [-0.3, -0.25) is 13.9 Å². The molecule has 8 nitrogen and oxygen atoms in total. The molecule has 2 heterocycles. The van der Waals surface area contributed by atoms with Crippen LogP contribution in [0.3, 0.4) is 0 Å². The number of ether oxygens (including phenoxy) is 1. The maximum absolute atomic E-state index is 12.8. The van der Waals surface area contributed by atoms with Gasteiger partial charge in [-0.1, -0.05) is 0 Å². The second-order valence-electron chi connectivity index (χ2n) is 5.70. The molecule has 1 unspecified atom stereocenters. The molecule has 0 spiro atoms. The first kappa shape index (κ1) is 16.4. The molecular formula is C14H23N5O3. The van der Waals surface area contributed by atoms with Crippen molar-refractivity contribution in [1.29, 1.82) is 0 Å². The van der Waals surface area contributed by atoms with Gasteiger partial charge in [-0.2, -0.15) is 0 Å². The van der Waals surface area contributed by atoms with E-state index < -0.39 is 0 Å². The monoisotopic (exact) mass is 309 g/mol. The molecule has 0 aromatic carbocycles. The molecule has 0 bridgehead atoms. The number of hydrogen-bond donors (Lipinski definition) is 1. The van der Waals surface area contributed by atoms with E-state index in [4.69, 9.17) is 10.5 Å². The first-order valence-electron chi connectivity index (χ1n) is 7.26. The van der Waals surface area contributed by atoms with Crippen molar-refractivity contribution in [3.63, 3.8) is 0 Å². The van der Waals surface area contributed by atoms with E-state index in [1.165, 1.54) is 9.13 Å². The summed E-state index contributed by atoms with van der Waals surface area (Å²) in [4.78, 5) is 29.9. The maximum atomic E-state index is 12.8. The van der Waals surface area contributed by atoms with Crippen molar-refractivity contribution >= 4 is 11.2 Å². The SMILES string of the molecule is COCc1nc2c(c(=O)n(C(C)CN)c(=O)n2C(C)C)n1C. The average Bonchev–Trinajstić information content (AvgIpc) is 2.76. The smallest absolute Gasteiger partial charge is 0.333 e. The summed E-state index contributed by atoms with van der Waals surface area (Å²) in [7, 11) is 3.31. The predicted octanol–water partition coefficient (Wildman–Crippen LogP) is 0.144. The van der Waals surface area contributed by atoms with Crippen LogP contribution in [0.1, 0.15) is 38.7 Å². The summed E-state index contributed by atoms with van der Waals surface area (Å²) in [5.41, 5.74) is 5.68. The van der Waals surface area contributed by atoms with Crippen LogP contribution < -0.4 is 17.0 Å². The van der Waals surface area contributed by atoms with Gasteiger partial charge >= 0.3 is 5.69 Å². The molecule has 0 amide bonds. The van der Waals surface area contributed by atoms with Gasteiger partial charge in [0, 0.05) is 26.7 Å². The molecule has 0 aliphatic carbocycles. The van der Waals surface area contributed by atoms with Gasteiger partial charge in [-0.05, 0) is 20.8 Å². The summed E-state index contributed by atoms with van der Waals surface area (Å²) in [6, 6.07) is -0.507. The lowest BCUT2D eigenvalue weighted by Crippen LogP contribution is -2.44. The van der Waals surface area contributed by atoms with E-state index >= 15 is 0 Å². The number of methoxy groups -OCH3 is 1. The molecule has 0 aliphatic heterocycles. The molecule has 2 aromatic rings. The van der Waals surface area contributed by atoms with Crippen LogP contribution in [0.5, 0.6) is 0 Å². The Kier molecular flexibility index (Phi) is 4.52. The third kappa shape index (κ3) is 2.38. The molecule has 0 fully saturated rings. The van der Waals surface area contributed by atoms with E-state index in [0.717, 1.165) is 0 Å². The van der Waals surface area contributed by atoms with Crippen molar-refractivity contribution < 1.29 is 4.74 Å². The summed E-state index contributed by atoms with van der Waals surface area (Å²) >= 11 is 0. The largest absolute Gasteiger partial charge is 0.377 e. The molecule has 0 aliphatic rings. The van der Waals surface area contributed by atoms with Gasteiger partial charge in [0.25, 0.3) is 5.56 Å². The second kappa shape index (κ2) is 6.05. The van der Waals surface area contributed by atoms with Crippen molar-refractivity contribution in [2.24, 2.45) is 12.8 Å². The van der Waals surface area contributed by atoms with Crippen molar-refractivity contribution in [3.8, 4) is 0 Å². The summed E-state index contributed by atoms with van der Waals surface area (Å²) in [5.74, 6) is 0.599. The quantitative estimate of drug-likeness (QED) is 0.847. The Balaban J connectivity index is 2.99. The molecule has 1 atom stereocenters. The van der Waals surface area contributed by atoms with Gasteiger partial charge < -0.3 is 15.0 Å². The summed E-state index contributed by atoms with van der Waals surface area (Å²) in [5, 5.41) is 0. The molecule has 0 saturated heterocycles. The Morgan fingerprint density at radius 1 is 1.23 bits per heavy atom. The van der Waals surface area contributed by atoms with Gasteiger partial charge in [-0.25, -0.2) is 9.78 Å². The lowest BCUT2D eigenvalue weighted by Gasteiger charge is -2.17. The van der Waals surface area contributed by atoms with E-state index in [2.05, 4.69) is 4.98 Å². The fourth-order valence-corrected chi connectivity index (χ4v) is 2.56. The number of nitrogens with two attached hydrogens (primary N) is 1. The first-order chi connectivity index (χ1) is 10.3. The van der Waals surface area contributed by atoms with E-state index in [0.29, 0.717) is 17.0 Å². The number of nitrogens with zero attached hydrogens (tertiary/aromatic N) is 4. The molecule has 2 aromatic heterocycles. The molecule has 2 rings (SSSR count). The Bertz CT molecular complexity index is 799. The molecule has 0 radical (unpaired) electrons. The molecule has 2 N–H and O–H groups in total. The zero-order valence-corrected chi connectivity index (χ0v) is 13.7. The van der Waals surface area contributed by atoms with Crippen LogP contribution >= 0.6 is 0 Å². The van der Waals surface area contributed by atoms with E-state index in [1.807, 2.05) is 13.8 Å². The van der Waals surface area contributed by atoms with Crippen LogP contribution in [0, 0.1) is 0 Å². The highest BCUT2D eigenvalue weighted by Gasteiger charge is 2.23. The second-order valence-corrected chi connectivity index (χ2v) is 5.70. The summed E-state index contributed by atoms with van der Waals surface area (Å²) in [6.07, 6.45) is 0. The normalized spacial score (nSPS) is 13.2. The highest BCUT2D eigenvalue weighted by atomic mass is 16.5. The van der Waals surface area contributed by atoms with Crippen LogP contribution in [0.4, 0.5) is 0 Å².